The van der Waals surface area contributed by atoms with Crippen molar-refractivity contribution in [1.29, 1.82) is 0 Å². The number of aromatic nitrogens is 2. The molecule has 0 bridgehead atoms. The van der Waals surface area contributed by atoms with Gasteiger partial charge in [-0.3, -0.25) is 9.36 Å². The SMILES string of the molecule is O=c1c2ccsc2ncn1C[C@H](O)c1ccc(C(F)(F)F)cc1. The maximum atomic E-state index is 12.5. The van der Waals surface area contributed by atoms with Crippen LogP contribution in [0.25, 0.3) is 10.2 Å². The quantitative estimate of drug-likeness (QED) is 0.797. The van der Waals surface area contributed by atoms with Gasteiger partial charge in [-0.05, 0) is 29.1 Å². The first kappa shape index (κ1) is 15.7. The van der Waals surface area contributed by atoms with Crippen molar-refractivity contribution < 1.29 is 18.3 Å². The summed E-state index contributed by atoms with van der Waals surface area (Å²) in [5.74, 6) is 0. The predicted octanol–water partition coefficient (Wildman–Crippen LogP) is 3.21. The van der Waals surface area contributed by atoms with Crippen LogP contribution in [0.5, 0.6) is 0 Å². The van der Waals surface area contributed by atoms with Crippen molar-refractivity contribution in [2.24, 2.45) is 0 Å². The van der Waals surface area contributed by atoms with Gasteiger partial charge in [0.25, 0.3) is 5.56 Å². The lowest BCUT2D eigenvalue weighted by Crippen LogP contribution is -2.23. The van der Waals surface area contributed by atoms with Gasteiger partial charge in [0.05, 0.1) is 29.9 Å². The Morgan fingerprint density at radius 2 is 1.91 bits per heavy atom. The van der Waals surface area contributed by atoms with Crippen molar-refractivity contribution in [2.45, 2.75) is 18.8 Å². The molecule has 1 atom stereocenters. The van der Waals surface area contributed by atoms with E-state index in [9.17, 15) is 23.1 Å². The van der Waals surface area contributed by atoms with Crippen molar-refractivity contribution in [3.05, 3.63) is 63.5 Å². The Morgan fingerprint density at radius 1 is 1.22 bits per heavy atom. The first-order valence-electron chi connectivity index (χ1n) is 6.64. The Bertz CT molecular complexity index is 884. The maximum Gasteiger partial charge on any atom is 0.416 e. The van der Waals surface area contributed by atoms with Gasteiger partial charge < -0.3 is 5.11 Å². The van der Waals surface area contributed by atoms with E-state index in [1.165, 1.54) is 34.4 Å². The summed E-state index contributed by atoms with van der Waals surface area (Å²) in [5.41, 5.74) is -0.774. The largest absolute Gasteiger partial charge is 0.416 e. The Labute approximate surface area is 132 Å². The van der Waals surface area contributed by atoms with Gasteiger partial charge in [-0.1, -0.05) is 12.1 Å². The summed E-state index contributed by atoms with van der Waals surface area (Å²) >= 11 is 1.34. The zero-order valence-electron chi connectivity index (χ0n) is 11.6. The fourth-order valence-electron chi connectivity index (χ4n) is 2.21. The van der Waals surface area contributed by atoms with Crippen LogP contribution in [0.2, 0.25) is 0 Å². The fraction of sp³-hybridized carbons (Fsp3) is 0.200. The number of alkyl halides is 3. The van der Waals surface area contributed by atoms with Gasteiger partial charge in [0.1, 0.15) is 4.83 Å². The summed E-state index contributed by atoms with van der Waals surface area (Å²) in [6.07, 6.45) is -4.20. The molecule has 0 spiro atoms. The van der Waals surface area contributed by atoms with E-state index in [-0.39, 0.29) is 12.1 Å². The lowest BCUT2D eigenvalue weighted by molar-refractivity contribution is -0.137. The number of thiophene rings is 1. The molecule has 1 N–H and O–H groups in total. The number of aliphatic hydroxyl groups is 1. The predicted molar refractivity (Wildman–Crippen MR) is 80.3 cm³/mol. The molecule has 0 saturated carbocycles. The summed E-state index contributed by atoms with van der Waals surface area (Å²) in [5, 5.41) is 12.4. The van der Waals surface area contributed by atoms with Gasteiger partial charge in [-0.2, -0.15) is 13.2 Å². The van der Waals surface area contributed by atoms with Crippen molar-refractivity contribution in [2.75, 3.05) is 0 Å². The monoisotopic (exact) mass is 340 g/mol. The van der Waals surface area contributed by atoms with Crippen LogP contribution in [0.3, 0.4) is 0 Å². The lowest BCUT2D eigenvalue weighted by atomic mass is 10.1. The number of benzene rings is 1. The summed E-state index contributed by atoms with van der Waals surface area (Å²) in [4.78, 5) is 16.9. The topological polar surface area (TPSA) is 55.1 Å². The molecule has 0 aliphatic rings. The average Bonchev–Trinajstić information content (AvgIpc) is 2.98. The van der Waals surface area contributed by atoms with E-state index in [4.69, 9.17) is 0 Å². The van der Waals surface area contributed by atoms with Gasteiger partial charge in [-0.25, -0.2) is 4.98 Å². The van der Waals surface area contributed by atoms with E-state index in [1.54, 1.807) is 11.4 Å². The van der Waals surface area contributed by atoms with E-state index in [0.717, 1.165) is 12.1 Å². The second-order valence-electron chi connectivity index (χ2n) is 4.98. The van der Waals surface area contributed by atoms with Crippen LogP contribution >= 0.6 is 11.3 Å². The highest BCUT2D eigenvalue weighted by Crippen LogP contribution is 2.30. The number of halogens is 3. The van der Waals surface area contributed by atoms with Gasteiger partial charge >= 0.3 is 6.18 Å². The van der Waals surface area contributed by atoms with Gasteiger partial charge in [0.15, 0.2) is 0 Å². The third-order valence-corrected chi connectivity index (χ3v) is 4.26. The Hall–Kier alpha value is -2.19. The molecule has 0 aliphatic heterocycles. The minimum Gasteiger partial charge on any atom is -0.387 e. The highest BCUT2D eigenvalue weighted by Gasteiger charge is 2.30. The number of hydrogen-bond acceptors (Lipinski definition) is 4. The second-order valence-corrected chi connectivity index (χ2v) is 5.87. The Morgan fingerprint density at radius 3 is 2.57 bits per heavy atom. The van der Waals surface area contributed by atoms with Crippen LogP contribution in [0.15, 0.2) is 46.8 Å². The van der Waals surface area contributed by atoms with Crippen molar-refractivity contribution in [1.82, 2.24) is 9.55 Å². The van der Waals surface area contributed by atoms with Crippen LogP contribution in [0, 0.1) is 0 Å². The number of hydrogen-bond donors (Lipinski definition) is 1. The van der Waals surface area contributed by atoms with E-state index < -0.39 is 17.8 Å². The molecule has 0 saturated heterocycles. The zero-order chi connectivity index (χ0) is 16.6. The zero-order valence-corrected chi connectivity index (χ0v) is 12.4. The number of fused-ring (bicyclic) bond motifs is 1. The highest BCUT2D eigenvalue weighted by molar-refractivity contribution is 7.16. The van der Waals surface area contributed by atoms with E-state index >= 15 is 0 Å². The molecule has 3 aromatic rings. The lowest BCUT2D eigenvalue weighted by Gasteiger charge is -2.14. The van der Waals surface area contributed by atoms with E-state index in [2.05, 4.69) is 4.98 Å². The Balaban J connectivity index is 1.84. The first-order valence-corrected chi connectivity index (χ1v) is 7.52. The molecule has 1 aromatic carbocycles. The molecule has 0 aliphatic carbocycles. The molecule has 2 heterocycles. The third kappa shape index (κ3) is 3.13. The number of aliphatic hydroxyl groups excluding tert-OH is 1. The molecular formula is C15H11F3N2O2S. The van der Waals surface area contributed by atoms with Gasteiger partial charge in [-0.15, -0.1) is 11.3 Å². The molecule has 0 fully saturated rings. The first-order chi connectivity index (χ1) is 10.9. The minimum atomic E-state index is -4.42. The number of rotatable bonds is 3. The molecule has 120 valence electrons. The maximum absolute atomic E-state index is 12.5. The average molecular weight is 340 g/mol. The fourth-order valence-corrected chi connectivity index (χ4v) is 2.93. The smallest absolute Gasteiger partial charge is 0.387 e. The van der Waals surface area contributed by atoms with Crippen LogP contribution in [-0.4, -0.2) is 14.7 Å². The van der Waals surface area contributed by atoms with Crippen molar-refractivity contribution >= 4 is 21.6 Å². The molecule has 3 rings (SSSR count). The molecule has 23 heavy (non-hydrogen) atoms. The van der Waals surface area contributed by atoms with Gasteiger partial charge in [0.2, 0.25) is 0 Å². The summed E-state index contributed by atoms with van der Waals surface area (Å²) < 4.78 is 38.8. The summed E-state index contributed by atoms with van der Waals surface area (Å²) in [6, 6.07) is 5.86. The van der Waals surface area contributed by atoms with E-state index in [1.807, 2.05) is 0 Å². The minimum absolute atomic E-state index is 0.0804. The summed E-state index contributed by atoms with van der Waals surface area (Å²) in [6.45, 7) is -0.0804. The normalized spacial score (nSPS) is 13.4. The second kappa shape index (κ2) is 5.78. The van der Waals surface area contributed by atoms with Crippen LogP contribution in [-0.2, 0) is 12.7 Å². The molecule has 0 unspecified atom stereocenters. The Kier molecular flexibility index (Phi) is 3.95. The van der Waals surface area contributed by atoms with Crippen molar-refractivity contribution in [3.8, 4) is 0 Å². The molecule has 0 amide bonds. The van der Waals surface area contributed by atoms with Crippen LogP contribution < -0.4 is 5.56 Å². The van der Waals surface area contributed by atoms with Crippen LogP contribution in [0.1, 0.15) is 17.2 Å². The van der Waals surface area contributed by atoms with Gasteiger partial charge in [0, 0.05) is 0 Å². The molecule has 2 aromatic heterocycles. The van der Waals surface area contributed by atoms with E-state index in [0.29, 0.717) is 15.8 Å². The standard InChI is InChI=1S/C15H11F3N2O2S/c16-15(17,18)10-3-1-9(2-4-10)12(21)7-20-8-19-13-11(14(20)22)5-6-23-13/h1-6,8,12,21H,7H2/t12-/m0/s1. The molecule has 4 nitrogen and oxygen atoms in total. The van der Waals surface area contributed by atoms with Crippen LogP contribution in [0.4, 0.5) is 13.2 Å². The number of nitrogens with zero attached hydrogens (tertiary/aromatic N) is 2. The molecule has 0 radical (unpaired) electrons. The molecular weight excluding hydrogens is 329 g/mol. The third-order valence-electron chi connectivity index (χ3n) is 3.44. The summed E-state index contributed by atoms with van der Waals surface area (Å²) in [7, 11) is 0. The highest BCUT2D eigenvalue weighted by atomic mass is 32.1. The van der Waals surface area contributed by atoms with Crippen molar-refractivity contribution in [3.63, 3.8) is 0 Å². The molecule has 8 heteroatoms.